The molecule has 0 radical (unpaired) electrons. The van der Waals surface area contributed by atoms with Gasteiger partial charge in [0.1, 0.15) is 22.3 Å². The monoisotopic (exact) mass is 562 g/mol. The summed E-state index contributed by atoms with van der Waals surface area (Å²) in [6.07, 6.45) is 3.54. The van der Waals surface area contributed by atoms with Crippen LogP contribution < -0.4 is 19.5 Å². The topological polar surface area (TPSA) is 78.4 Å². The fourth-order valence-electron chi connectivity index (χ4n) is 4.04. The highest BCUT2D eigenvalue weighted by atomic mass is 79.9. The fraction of sp³-hybridized carbons (Fsp3) is 0.148. The molecule has 7 nitrogen and oxygen atoms in total. The second-order valence-corrected chi connectivity index (χ2v) is 9.64. The smallest absolute Gasteiger partial charge is 0.133 e. The van der Waals surface area contributed by atoms with Crippen LogP contribution in [-0.4, -0.2) is 36.5 Å². The van der Waals surface area contributed by atoms with Crippen molar-refractivity contribution >= 4 is 43.9 Å². The van der Waals surface area contributed by atoms with Crippen molar-refractivity contribution in [3.05, 3.63) is 76.3 Å². The average Bonchev–Trinajstić information content (AvgIpc) is 3.46. The van der Waals surface area contributed by atoms with Gasteiger partial charge in [0, 0.05) is 40.7 Å². The van der Waals surface area contributed by atoms with Crippen molar-refractivity contribution in [2.45, 2.75) is 6.54 Å². The number of aromatic nitrogens is 3. The van der Waals surface area contributed by atoms with E-state index in [2.05, 4.69) is 54.6 Å². The summed E-state index contributed by atoms with van der Waals surface area (Å²) in [5.41, 5.74) is 5.73. The van der Waals surface area contributed by atoms with Crippen LogP contribution in [0.15, 0.2) is 70.8 Å². The number of halogens is 1. The second-order valence-electron chi connectivity index (χ2n) is 7.89. The minimum atomic E-state index is 0.565. The first-order valence-corrected chi connectivity index (χ1v) is 12.8. The van der Waals surface area contributed by atoms with Crippen LogP contribution >= 0.6 is 27.3 Å². The van der Waals surface area contributed by atoms with E-state index in [1.807, 2.05) is 35.7 Å². The van der Waals surface area contributed by atoms with Gasteiger partial charge >= 0.3 is 0 Å². The number of thiazole rings is 1. The molecule has 0 aliphatic carbocycles. The maximum Gasteiger partial charge on any atom is 0.133 e. The van der Waals surface area contributed by atoms with E-state index in [1.54, 1.807) is 45.1 Å². The Labute approximate surface area is 221 Å². The molecule has 5 aromatic rings. The van der Waals surface area contributed by atoms with Gasteiger partial charge in [0.15, 0.2) is 0 Å². The van der Waals surface area contributed by atoms with Gasteiger partial charge < -0.3 is 19.5 Å². The summed E-state index contributed by atoms with van der Waals surface area (Å²) in [4.78, 5) is 4.52. The van der Waals surface area contributed by atoms with Crippen LogP contribution in [0.5, 0.6) is 17.2 Å². The van der Waals surface area contributed by atoms with Crippen LogP contribution in [0.3, 0.4) is 0 Å². The lowest BCUT2D eigenvalue weighted by atomic mass is 9.98. The van der Waals surface area contributed by atoms with E-state index in [4.69, 9.17) is 14.2 Å². The van der Waals surface area contributed by atoms with Gasteiger partial charge in [0.25, 0.3) is 0 Å². The molecule has 182 valence electrons. The number of nitrogens with one attached hydrogen (secondary N) is 1. The van der Waals surface area contributed by atoms with E-state index < -0.39 is 0 Å². The number of ether oxygens (including phenoxy) is 3. The molecule has 0 fully saturated rings. The van der Waals surface area contributed by atoms with E-state index in [1.165, 1.54) is 0 Å². The van der Waals surface area contributed by atoms with E-state index in [-0.39, 0.29) is 0 Å². The number of benzene rings is 3. The Hall–Kier alpha value is -3.69. The minimum Gasteiger partial charge on any atom is -0.497 e. The summed E-state index contributed by atoms with van der Waals surface area (Å²) < 4.78 is 17.2. The van der Waals surface area contributed by atoms with Crippen LogP contribution in [0.25, 0.3) is 32.6 Å². The predicted molar refractivity (Wildman–Crippen MR) is 147 cm³/mol. The van der Waals surface area contributed by atoms with Crippen molar-refractivity contribution in [3.8, 4) is 38.9 Å². The molecule has 1 N–H and O–H groups in total. The number of anilines is 1. The molecule has 0 spiro atoms. The van der Waals surface area contributed by atoms with Crippen molar-refractivity contribution in [2.24, 2.45) is 0 Å². The molecule has 0 aliphatic heterocycles. The SMILES string of the molecule is COc1ccc(CNc2cnnc3cc(-c4cc(Br)c(OC)cc4-c4nccs4)ccc23)c(OC)c1. The van der Waals surface area contributed by atoms with Gasteiger partial charge in [0.05, 0.1) is 43.2 Å². The summed E-state index contributed by atoms with van der Waals surface area (Å²) in [5, 5.41) is 16.0. The Balaban J connectivity index is 1.50. The average molecular weight is 563 g/mol. The van der Waals surface area contributed by atoms with Crippen LogP contribution in [0, 0.1) is 0 Å². The van der Waals surface area contributed by atoms with Crippen LogP contribution in [0.2, 0.25) is 0 Å². The van der Waals surface area contributed by atoms with Crippen molar-refractivity contribution in [2.75, 3.05) is 26.6 Å². The zero-order valence-corrected chi connectivity index (χ0v) is 22.3. The molecule has 0 saturated heterocycles. The summed E-state index contributed by atoms with van der Waals surface area (Å²) in [6, 6.07) is 16.1. The van der Waals surface area contributed by atoms with Gasteiger partial charge in [-0.3, -0.25) is 0 Å². The highest BCUT2D eigenvalue weighted by Crippen LogP contribution is 2.41. The summed E-state index contributed by atoms with van der Waals surface area (Å²) in [6.45, 7) is 0.565. The number of methoxy groups -OCH3 is 3. The molecule has 0 saturated carbocycles. The summed E-state index contributed by atoms with van der Waals surface area (Å²) in [7, 11) is 4.95. The summed E-state index contributed by atoms with van der Waals surface area (Å²) >= 11 is 5.22. The first-order valence-electron chi connectivity index (χ1n) is 11.1. The maximum absolute atomic E-state index is 5.54. The standard InChI is InChI=1S/C27H23BrN4O3S/c1-33-18-6-4-17(25(11-18)34-2)14-30-24-15-31-32-23-10-16(5-7-19(23)24)20-12-22(28)26(35-3)13-21(20)27-29-8-9-36-27/h4-13,15H,14H2,1-3H3,(H,30,32). The van der Waals surface area contributed by atoms with Crippen molar-refractivity contribution < 1.29 is 14.2 Å². The highest BCUT2D eigenvalue weighted by molar-refractivity contribution is 9.10. The lowest BCUT2D eigenvalue weighted by Crippen LogP contribution is -2.03. The second kappa shape index (κ2) is 10.5. The highest BCUT2D eigenvalue weighted by Gasteiger charge is 2.16. The van der Waals surface area contributed by atoms with E-state index in [9.17, 15) is 0 Å². The molecular weight excluding hydrogens is 540 g/mol. The van der Waals surface area contributed by atoms with Gasteiger partial charge in [-0.15, -0.1) is 11.3 Å². The first-order chi connectivity index (χ1) is 17.6. The molecule has 36 heavy (non-hydrogen) atoms. The first kappa shape index (κ1) is 24.0. The number of hydrogen-bond donors (Lipinski definition) is 1. The largest absolute Gasteiger partial charge is 0.497 e. The Morgan fingerprint density at radius 1 is 0.917 bits per heavy atom. The van der Waals surface area contributed by atoms with Gasteiger partial charge in [-0.2, -0.15) is 10.2 Å². The quantitative estimate of drug-likeness (QED) is 0.222. The Morgan fingerprint density at radius 3 is 2.53 bits per heavy atom. The molecule has 0 unspecified atom stereocenters. The number of nitrogens with zero attached hydrogens (tertiary/aromatic N) is 3. The molecule has 9 heteroatoms. The van der Waals surface area contributed by atoms with Gasteiger partial charge in [0.2, 0.25) is 0 Å². The molecule has 3 aromatic carbocycles. The molecule has 5 rings (SSSR count). The van der Waals surface area contributed by atoms with Crippen LogP contribution in [0.4, 0.5) is 5.69 Å². The van der Waals surface area contributed by atoms with Crippen molar-refractivity contribution in [1.82, 2.24) is 15.2 Å². The van der Waals surface area contributed by atoms with E-state index in [0.29, 0.717) is 6.54 Å². The van der Waals surface area contributed by atoms with E-state index in [0.717, 1.165) is 65.6 Å². The molecule has 2 aromatic heterocycles. The Kier molecular flexibility index (Phi) is 7.02. The summed E-state index contributed by atoms with van der Waals surface area (Å²) in [5.74, 6) is 2.27. The van der Waals surface area contributed by atoms with Gasteiger partial charge in [-0.05, 0) is 63.5 Å². The third kappa shape index (κ3) is 4.72. The zero-order chi connectivity index (χ0) is 25.1. The van der Waals surface area contributed by atoms with E-state index >= 15 is 0 Å². The third-order valence-electron chi connectivity index (χ3n) is 5.87. The zero-order valence-electron chi connectivity index (χ0n) is 19.9. The molecule has 0 aliphatic rings. The molecule has 0 atom stereocenters. The minimum absolute atomic E-state index is 0.565. The molecular formula is C27H23BrN4O3S. The number of rotatable bonds is 8. The van der Waals surface area contributed by atoms with Gasteiger partial charge in [-0.25, -0.2) is 4.98 Å². The van der Waals surface area contributed by atoms with Crippen molar-refractivity contribution in [1.29, 1.82) is 0 Å². The molecule has 0 bridgehead atoms. The lowest BCUT2D eigenvalue weighted by molar-refractivity contribution is 0.391. The lowest BCUT2D eigenvalue weighted by Gasteiger charge is -2.14. The number of hydrogen-bond acceptors (Lipinski definition) is 8. The third-order valence-corrected chi connectivity index (χ3v) is 7.30. The van der Waals surface area contributed by atoms with Crippen LogP contribution in [-0.2, 0) is 6.54 Å². The normalized spacial score (nSPS) is 10.9. The van der Waals surface area contributed by atoms with Crippen LogP contribution in [0.1, 0.15) is 5.56 Å². The molecule has 0 amide bonds. The Bertz CT molecular complexity index is 1530. The maximum atomic E-state index is 5.54. The Morgan fingerprint density at radius 2 is 1.78 bits per heavy atom. The van der Waals surface area contributed by atoms with Gasteiger partial charge in [-0.1, -0.05) is 6.07 Å². The fourth-order valence-corrected chi connectivity index (χ4v) is 5.21. The van der Waals surface area contributed by atoms with Crippen molar-refractivity contribution in [3.63, 3.8) is 0 Å². The molecule has 2 heterocycles. The predicted octanol–water partition coefficient (Wildman–Crippen LogP) is 6.82. The number of fused-ring (bicyclic) bond motifs is 1.